The van der Waals surface area contributed by atoms with Crippen molar-refractivity contribution < 1.29 is 14.3 Å². The molecule has 124 valence electrons. The molecular formula is C18H17ClN2O3. The lowest BCUT2D eigenvalue weighted by Gasteiger charge is -2.15. The van der Waals surface area contributed by atoms with E-state index in [1.54, 1.807) is 49.5 Å². The van der Waals surface area contributed by atoms with Crippen molar-refractivity contribution in [3.8, 4) is 5.75 Å². The third-order valence-corrected chi connectivity index (χ3v) is 3.67. The van der Waals surface area contributed by atoms with Crippen LogP contribution in [0.4, 0.5) is 11.4 Å². The topological polar surface area (TPSA) is 58.6 Å². The van der Waals surface area contributed by atoms with Crippen molar-refractivity contribution in [1.29, 1.82) is 0 Å². The normalized spacial score (nSPS) is 9.96. The lowest BCUT2D eigenvalue weighted by molar-refractivity contribution is -0.113. The van der Waals surface area contributed by atoms with E-state index in [0.717, 1.165) is 0 Å². The first-order valence-electron chi connectivity index (χ1n) is 7.11. The zero-order valence-electron chi connectivity index (χ0n) is 13.4. The summed E-state index contributed by atoms with van der Waals surface area (Å²) in [5.74, 6) is -0.0400. The molecule has 0 bridgehead atoms. The lowest BCUT2D eigenvalue weighted by Crippen LogP contribution is -2.23. The second kappa shape index (κ2) is 7.66. The lowest BCUT2D eigenvalue weighted by atomic mass is 10.1. The van der Waals surface area contributed by atoms with Crippen molar-refractivity contribution in [2.45, 2.75) is 0 Å². The summed E-state index contributed by atoms with van der Waals surface area (Å²) < 4.78 is 5.20. The Morgan fingerprint density at radius 3 is 2.46 bits per heavy atom. The fourth-order valence-corrected chi connectivity index (χ4v) is 2.23. The van der Waals surface area contributed by atoms with Crippen LogP contribution in [0, 0.1) is 0 Å². The maximum Gasteiger partial charge on any atom is 0.255 e. The monoisotopic (exact) mass is 344 g/mol. The van der Waals surface area contributed by atoms with E-state index in [4.69, 9.17) is 16.3 Å². The summed E-state index contributed by atoms with van der Waals surface area (Å²) in [7, 11) is 3.14. The van der Waals surface area contributed by atoms with Crippen LogP contribution >= 0.6 is 11.6 Å². The average molecular weight is 345 g/mol. The van der Waals surface area contributed by atoms with Gasteiger partial charge in [-0.3, -0.25) is 9.59 Å². The third-order valence-electron chi connectivity index (χ3n) is 3.43. The molecule has 0 radical (unpaired) electrons. The summed E-state index contributed by atoms with van der Waals surface area (Å²) in [5, 5.41) is 3.29. The zero-order chi connectivity index (χ0) is 17.7. The molecule has 1 N–H and O–H groups in total. The Labute approximate surface area is 145 Å². The fraction of sp³-hybridized carbons (Fsp3) is 0.111. The van der Waals surface area contributed by atoms with Crippen LogP contribution < -0.4 is 15.0 Å². The molecule has 0 aliphatic rings. The van der Waals surface area contributed by atoms with Gasteiger partial charge in [-0.05, 0) is 42.5 Å². The summed E-state index contributed by atoms with van der Waals surface area (Å²) in [6, 6.07) is 11.6. The zero-order valence-corrected chi connectivity index (χ0v) is 14.1. The van der Waals surface area contributed by atoms with Crippen LogP contribution in [0.25, 0.3) is 0 Å². The minimum Gasteiger partial charge on any atom is -0.495 e. The molecule has 2 rings (SSSR count). The molecule has 24 heavy (non-hydrogen) atoms. The second-order valence-electron chi connectivity index (χ2n) is 4.95. The first-order chi connectivity index (χ1) is 11.5. The molecule has 0 aliphatic carbocycles. The van der Waals surface area contributed by atoms with E-state index in [-0.39, 0.29) is 11.8 Å². The summed E-state index contributed by atoms with van der Waals surface area (Å²) in [4.78, 5) is 25.4. The standard InChI is InChI=1S/C18H17ClN2O3/c1-4-17(22)21(2)14-8-5-12(6-9-14)18(23)20-15-10-7-13(19)11-16(15)24-3/h4-11H,1H2,2-3H3,(H,20,23). The third kappa shape index (κ3) is 3.94. The quantitative estimate of drug-likeness (QED) is 0.840. The number of carbonyl (C=O) groups is 2. The van der Waals surface area contributed by atoms with Crippen LogP contribution in [-0.2, 0) is 4.79 Å². The first-order valence-corrected chi connectivity index (χ1v) is 7.49. The van der Waals surface area contributed by atoms with Gasteiger partial charge in [0.15, 0.2) is 0 Å². The first kappa shape index (κ1) is 17.6. The maximum atomic E-state index is 12.3. The predicted octanol–water partition coefficient (Wildman–Crippen LogP) is 3.75. The van der Waals surface area contributed by atoms with E-state index < -0.39 is 0 Å². The summed E-state index contributed by atoms with van der Waals surface area (Å²) in [6.07, 6.45) is 1.23. The van der Waals surface area contributed by atoms with Crippen molar-refractivity contribution in [1.82, 2.24) is 0 Å². The molecular weight excluding hydrogens is 328 g/mol. The van der Waals surface area contributed by atoms with Crippen LogP contribution in [0.3, 0.4) is 0 Å². The number of nitrogens with one attached hydrogen (secondary N) is 1. The molecule has 0 atom stereocenters. The van der Waals surface area contributed by atoms with Gasteiger partial charge in [0.1, 0.15) is 5.75 Å². The molecule has 6 heteroatoms. The Bertz CT molecular complexity index is 772. The number of halogens is 1. The number of rotatable bonds is 5. The van der Waals surface area contributed by atoms with E-state index in [1.807, 2.05) is 0 Å². The van der Waals surface area contributed by atoms with Crippen molar-refractivity contribution >= 4 is 34.8 Å². The summed E-state index contributed by atoms with van der Waals surface area (Å²) in [5.41, 5.74) is 1.64. The molecule has 0 spiro atoms. The number of ether oxygens (including phenoxy) is 1. The van der Waals surface area contributed by atoms with Gasteiger partial charge in [-0.15, -0.1) is 0 Å². The number of benzene rings is 2. The molecule has 0 aromatic heterocycles. The van der Waals surface area contributed by atoms with E-state index >= 15 is 0 Å². The maximum absolute atomic E-state index is 12.3. The number of carbonyl (C=O) groups excluding carboxylic acids is 2. The number of hydrogen-bond donors (Lipinski definition) is 1. The number of amides is 2. The number of hydrogen-bond acceptors (Lipinski definition) is 3. The van der Waals surface area contributed by atoms with Crippen LogP contribution in [0.15, 0.2) is 55.1 Å². The van der Waals surface area contributed by atoms with Gasteiger partial charge in [0.25, 0.3) is 5.91 Å². The minimum atomic E-state index is -0.292. The highest BCUT2D eigenvalue weighted by Crippen LogP contribution is 2.28. The molecule has 5 nitrogen and oxygen atoms in total. The van der Waals surface area contributed by atoms with Crippen LogP contribution in [0.2, 0.25) is 5.02 Å². The fourth-order valence-electron chi connectivity index (χ4n) is 2.06. The molecule has 0 saturated carbocycles. The average Bonchev–Trinajstić information content (AvgIpc) is 2.61. The second-order valence-corrected chi connectivity index (χ2v) is 5.38. The Balaban J connectivity index is 2.16. The summed E-state index contributed by atoms with van der Waals surface area (Å²) in [6.45, 7) is 3.45. The Morgan fingerprint density at radius 1 is 1.21 bits per heavy atom. The highest BCUT2D eigenvalue weighted by atomic mass is 35.5. The van der Waals surface area contributed by atoms with Gasteiger partial charge in [0, 0.05) is 29.4 Å². The molecule has 2 aromatic rings. The van der Waals surface area contributed by atoms with Crippen molar-refractivity contribution in [3.05, 3.63) is 65.7 Å². The highest BCUT2D eigenvalue weighted by Gasteiger charge is 2.12. The van der Waals surface area contributed by atoms with Gasteiger partial charge in [-0.1, -0.05) is 18.2 Å². The minimum absolute atomic E-state index is 0.224. The Kier molecular flexibility index (Phi) is 5.60. The van der Waals surface area contributed by atoms with Gasteiger partial charge < -0.3 is 15.0 Å². The molecule has 2 amide bonds. The van der Waals surface area contributed by atoms with Crippen molar-refractivity contribution in [2.24, 2.45) is 0 Å². The van der Waals surface area contributed by atoms with Crippen LogP contribution in [-0.4, -0.2) is 26.0 Å². The van der Waals surface area contributed by atoms with Gasteiger partial charge >= 0.3 is 0 Å². The van der Waals surface area contributed by atoms with Crippen LogP contribution in [0.1, 0.15) is 10.4 Å². The van der Waals surface area contributed by atoms with Gasteiger partial charge in [0.05, 0.1) is 12.8 Å². The van der Waals surface area contributed by atoms with Crippen LogP contribution in [0.5, 0.6) is 5.75 Å². The van der Waals surface area contributed by atoms with Gasteiger partial charge in [-0.25, -0.2) is 0 Å². The van der Waals surface area contributed by atoms with E-state index in [0.29, 0.717) is 27.7 Å². The Hall–Kier alpha value is -2.79. The molecule has 2 aromatic carbocycles. The van der Waals surface area contributed by atoms with E-state index in [2.05, 4.69) is 11.9 Å². The van der Waals surface area contributed by atoms with E-state index in [1.165, 1.54) is 18.1 Å². The molecule has 0 unspecified atom stereocenters. The SMILES string of the molecule is C=CC(=O)N(C)c1ccc(C(=O)Nc2ccc(Cl)cc2OC)cc1. The highest BCUT2D eigenvalue weighted by molar-refractivity contribution is 6.30. The Morgan fingerprint density at radius 2 is 1.88 bits per heavy atom. The smallest absolute Gasteiger partial charge is 0.255 e. The largest absolute Gasteiger partial charge is 0.495 e. The predicted molar refractivity (Wildman–Crippen MR) is 96.0 cm³/mol. The number of likely N-dealkylation sites (N-methyl/N-ethyl adjacent to an activating group) is 1. The molecule has 0 fully saturated rings. The van der Waals surface area contributed by atoms with Crippen molar-refractivity contribution in [3.63, 3.8) is 0 Å². The number of nitrogens with zero attached hydrogens (tertiary/aromatic N) is 1. The molecule has 0 saturated heterocycles. The van der Waals surface area contributed by atoms with Gasteiger partial charge in [0.2, 0.25) is 5.91 Å². The van der Waals surface area contributed by atoms with Gasteiger partial charge in [-0.2, -0.15) is 0 Å². The molecule has 0 heterocycles. The number of anilines is 2. The van der Waals surface area contributed by atoms with Crippen molar-refractivity contribution in [2.75, 3.05) is 24.4 Å². The molecule has 0 aliphatic heterocycles. The van der Waals surface area contributed by atoms with E-state index in [9.17, 15) is 9.59 Å². The number of methoxy groups -OCH3 is 1. The summed E-state index contributed by atoms with van der Waals surface area (Å²) >= 11 is 5.90.